The topological polar surface area (TPSA) is 91.2 Å². The van der Waals surface area contributed by atoms with Crippen molar-refractivity contribution in [3.8, 4) is 22.9 Å². The Labute approximate surface area is 141 Å². The Balaban J connectivity index is 1.42. The Hall–Kier alpha value is -2.94. The summed E-state index contributed by atoms with van der Waals surface area (Å²) < 4.78 is 10.9. The largest absolute Gasteiger partial charge is 0.486 e. The molecule has 1 aromatic carbocycles. The van der Waals surface area contributed by atoms with E-state index < -0.39 is 0 Å². The molecule has 24 heavy (non-hydrogen) atoms. The molecule has 1 aliphatic rings. The first-order valence-corrected chi connectivity index (χ1v) is 8.22. The number of anilines is 1. The number of rotatable bonds is 4. The summed E-state index contributed by atoms with van der Waals surface area (Å²) in [5.74, 6) is 1.56. The number of nitrogens with zero attached hydrogens (tertiary/aromatic N) is 4. The van der Waals surface area contributed by atoms with Crippen LogP contribution in [-0.4, -0.2) is 39.3 Å². The summed E-state index contributed by atoms with van der Waals surface area (Å²) in [5, 5.41) is 18.7. The summed E-state index contributed by atoms with van der Waals surface area (Å²) in [6.45, 7) is 1.01. The van der Waals surface area contributed by atoms with Crippen molar-refractivity contribution in [1.29, 1.82) is 0 Å². The van der Waals surface area contributed by atoms with Gasteiger partial charge in [-0.05, 0) is 28.8 Å². The summed E-state index contributed by atoms with van der Waals surface area (Å²) in [7, 11) is 0. The van der Waals surface area contributed by atoms with E-state index in [0.717, 1.165) is 5.56 Å². The van der Waals surface area contributed by atoms with Gasteiger partial charge in [-0.2, -0.15) is 16.1 Å². The number of amides is 1. The molecule has 9 heteroatoms. The molecular weight excluding hydrogens is 330 g/mol. The van der Waals surface area contributed by atoms with Gasteiger partial charge < -0.3 is 14.8 Å². The van der Waals surface area contributed by atoms with E-state index in [9.17, 15) is 4.79 Å². The predicted octanol–water partition coefficient (Wildman–Crippen LogP) is 1.81. The van der Waals surface area contributed by atoms with E-state index in [1.807, 2.05) is 16.8 Å². The normalized spacial score (nSPS) is 12.8. The third-order valence-electron chi connectivity index (χ3n) is 3.34. The number of aromatic nitrogens is 4. The third kappa shape index (κ3) is 3.06. The first-order chi connectivity index (χ1) is 11.8. The lowest BCUT2D eigenvalue weighted by Crippen LogP contribution is -2.21. The Kier molecular flexibility index (Phi) is 3.83. The fraction of sp³-hybridized carbons (Fsp3) is 0.200. The van der Waals surface area contributed by atoms with E-state index in [1.54, 1.807) is 29.5 Å². The molecule has 4 rings (SSSR count). The highest BCUT2D eigenvalue weighted by atomic mass is 32.1. The van der Waals surface area contributed by atoms with Crippen molar-refractivity contribution in [1.82, 2.24) is 20.2 Å². The van der Waals surface area contributed by atoms with Gasteiger partial charge in [0.25, 0.3) is 0 Å². The second-order valence-corrected chi connectivity index (χ2v) is 5.84. The first-order valence-electron chi connectivity index (χ1n) is 7.28. The van der Waals surface area contributed by atoms with Gasteiger partial charge in [-0.1, -0.05) is 0 Å². The van der Waals surface area contributed by atoms with Crippen molar-refractivity contribution in [3.05, 3.63) is 35.0 Å². The molecule has 0 fully saturated rings. The number of hydrogen-bond donors (Lipinski definition) is 1. The van der Waals surface area contributed by atoms with Crippen molar-refractivity contribution >= 4 is 22.9 Å². The van der Waals surface area contributed by atoms with Crippen LogP contribution in [0.15, 0.2) is 35.0 Å². The number of tetrazole rings is 1. The second-order valence-electron chi connectivity index (χ2n) is 5.06. The zero-order valence-electron chi connectivity index (χ0n) is 12.5. The number of carbonyl (C=O) groups excluding carboxylic acids is 1. The van der Waals surface area contributed by atoms with E-state index in [4.69, 9.17) is 9.47 Å². The van der Waals surface area contributed by atoms with Gasteiger partial charge in [0.15, 0.2) is 11.5 Å². The lowest BCUT2D eigenvalue weighted by molar-refractivity contribution is -0.117. The number of carbonyl (C=O) groups is 1. The molecule has 0 radical (unpaired) electrons. The molecule has 0 unspecified atom stereocenters. The highest BCUT2D eigenvalue weighted by molar-refractivity contribution is 7.08. The van der Waals surface area contributed by atoms with Crippen LogP contribution < -0.4 is 14.8 Å². The van der Waals surface area contributed by atoms with Gasteiger partial charge in [0.2, 0.25) is 11.7 Å². The van der Waals surface area contributed by atoms with Crippen LogP contribution >= 0.6 is 11.3 Å². The van der Waals surface area contributed by atoms with Gasteiger partial charge in [-0.15, -0.1) is 10.2 Å². The van der Waals surface area contributed by atoms with Crippen molar-refractivity contribution in [2.24, 2.45) is 0 Å². The second kappa shape index (κ2) is 6.28. The lowest BCUT2D eigenvalue weighted by atomic mass is 10.2. The van der Waals surface area contributed by atoms with Crippen LogP contribution in [0.3, 0.4) is 0 Å². The van der Waals surface area contributed by atoms with E-state index in [2.05, 4.69) is 20.7 Å². The molecule has 1 amide bonds. The molecule has 0 spiro atoms. The zero-order chi connectivity index (χ0) is 16.4. The summed E-state index contributed by atoms with van der Waals surface area (Å²) >= 11 is 1.55. The fourth-order valence-electron chi connectivity index (χ4n) is 2.27. The van der Waals surface area contributed by atoms with Gasteiger partial charge in [-0.3, -0.25) is 4.79 Å². The SMILES string of the molecule is O=C(Cn1nnc(-c2ccsc2)n1)Nc1ccc2c(c1)OCCO2. The van der Waals surface area contributed by atoms with E-state index in [1.165, 1.54) is 4.80 Å². The first kappa shape index (κ1) is 14.6. The molecule has 1 aliphatic heterocycles. The zero-order valence-corrected chi connectivity index (χ0v) is 13.3. The molecule has 0 bridgehead atoms. The Morgan fingerprint density at radius 2 is 2.12 bits per heavy atom. The Bertz CT molecular complexity index is 862. The molecule has 8 nitrogen and oxygen atoms in total. The van der Waals surface area contributed by atoms with Crippen LogP contribution in [-0.2, 0) is 11.3 Å². The minimum absolute atomic E-state index is 0.0222. The molecule has 122 valence electrons. The number of benzene rings is 1. The van der Waals surface area contributed by atoms with E-state index >= 15 is 0 Å². The van der Waals surface area contributed by atoms with Gasteiger partial charge in [0.1, 0.15) is 19.8 Å². The predicted molar refractivity (Wildman–Crippen MR) is 87.2 cm³/mol. The molecule has 0 saturated carbocycles. The van der Waals surface area contributed by atoms with Crippen molar-refractivity contribution < 1.29 is 14.3 Å². The number of ether oxygens (including phenoxy) is 2. The lowest BCUT2D eigenvalue weighted by Gasteiger charge is -2.18. The van der Waals surface area contributed by atoms with E-state index in [-0.39, 0.29) is 12.5 Å². The van der Waals surface area contributed by atoms with Gasteiger partial charge >= 0.3 is 0 Å². The molecule has 3 heterocycles. The summed E-state index contributed by atoms with van der Waals surface area (Å²) in [5.41, 5.74) is 1.51. The molecule has 3 aromatic rings. The Morgan fingerprint density at radius 3 is 2.96 bits per heavy atom. The van der Waals surface area contributed by atoms with Crippen LogP contribution in [0.25, 0.3) is 11.4 Å². The fourth-order valence-corrected chi connectivity index (χ4v) is 2.90. The molecule has 0 saturated heterocycles. The highest BCUT2D eigenvalue weighted by Gasteiger charge is 2.14. The maximum absolute atomic E-state index is 12.1. The molecule has 1 N–H and O–H groups in total. The average Bonchev–Trinajstić information content (AvgIpc) is 3.26. The van der Waals surface area contributed by atoms with Crippen molar-refractivity contribution in [2.45, 2.75) is 6.54 Å². The molecular formula is C15H13N5O3S. The highest BCUT2D eigenvalue weighted by Crippen LogP contribution is 2.32. The van der Waals surface area contributed by atoms with Gasteiger partial charge in [-0.25, -0.2) is 0 Å². The smallest absolute Gasteiger partial charge is 0.248 e. The van der Waals surface area contributed by atoms with Crippen molar-refractivity contribution in [3.63, 3.8) is 0 Å². The third-order valence-corrected chi connectivity index (χ3v) is 4.03. The Morgan fingerprint density at radius 1 is 1.25 bits per heavy atom. The number of thiophene rings is 1. The van der Waals surface area contributed by atoms with Crippen LogP contribution in [0, 0.1) is 0 Å². The summed E-state index contributed by atoms with van der Waals surface area (Å²) in [6.07, 6.45) is 0. The standard InChI is InChI=1S/C15H13N5O3S/c21-14(8-20-18-15(17-19-20)10-3-6-24-9-10)16-11-1-2-12-13(7-11)23-5-4-22-12/h1-3,6-7,9H,4-5,8H2,(H,16,21). The minimum atomic E-state index is -0.249. The van der Waals surface area contributed by atoms with Gasteiger partial charge in [0.05, 0.1) is 0 Å². The minimum Gasteiger partial charge on any atom is -0.486 e. The summed E-state index contributed by atoms with van der Waals surface area (Å²) in [6, 6.07) is 7.17. The molecule has 2 aromatic heterocycles. The van der Waals surface area contributed by atoms with E-state index in [0.29, 0.717) is 36.2 Å². The van der Waals surface area contributed by atoms with Crippen LogP contribution in [0.1, 0.15) is 0 Å². The quantitative estimate of drug-likeness (QED) is 0.777. The van der Waals surface area contributed by atoms with Crippen LogP contribution in [0.5, 0.6) is 11.5 Å². The maximum atomic E-state index is 12.1. The van der Waals surface area contributed by atoms with Crippen LogP contribution in [0.4, 0.5) is 5.69 Å². The molecule has 0 atom stereocenters. The number of nitrogens with one attached hydrogen (secondary N) is 1. The average molecular weight is 343 g/mol. The summed E-state index contributed by atoms with van der Waals surface area (Å²) in [4.78, 5) is 13.4. The number of fused-ring (bicyclic) bond motifs is 1. The van der Waals surface area contributed by atoms with Gasteiger partial charge in [0, 0.05) is 22.7 Å². The van der Waals surface area contributed by atoms with Crippen LogP contribution in [0.2, 0.25) is 0 Å². The molecule has 0 aliphatic carbocycles. The monoisotopic (exact) mass is 343 g/mol. The van der Waals surface area contributed by atoms with Crippen molar-refractivity contribution in [2.75, 3.05) is 18.5 Å². The number of hydrogen-bond acceptors (Lipinski definition) is 7. The maximum Gasteiger partial charge on any atom is 0.248 e.